The number of aryl methyl sites for hydroxylation is 1. The van der Waals surface area contributed by atoms with Crippen molar-refractivity contribution in [3.63, 3.8) is 0 Å². The van der Waals surface area contributed by atoms with Crippen molar-refractivity contribution in [3.05, 3.63) is 142 Å². The molecule has 3 atom stereocenters. The molecule has 504 valence electrons. The number of rotatable bonds is 42. The van der Waals surface area contributed by atoms with Crippen molar-refractivity contribution in [2.45, 2.75) is 169 Å². The summed E-state index contributed by atoms with van der Waals surface area (Å²) in [7, 11) is 0. The van der Waals surface area contributed by atoms with Gasteiger partial charge in [0.2, 0.25) is 0 Å². The molecule has 0 saturated carbocycles. The Morgan fingerprint density at radius 2 is 0.753 bits per heavy atom. The second kappa shape index (κ2) is 31.5. The van der Waals surface area contributed by atoms with Gasteiger partial charge in [0.25, 0.3) is 0 Å². The first-order valence-electron chi connectivity index (χ1n) is 26.2. The summed E-state index contributed by atoms with van der Waals surface area (Å²) >= 11 is 0. The molecular weight excluding hydrogens is 1270 g/mol. The molecule has 0 bridgehead atoms. The van der Waals surface area contributed by atoms with Crippen LogP contribution in [0.2, 0.25) is 0 Å². The predicted octanol–water partition coefficient (Wildman–Crippen LogP) is 13.6. The third-order valence-corrected chi connectivity index (χ3v) is 12.3. The average molecular weight is 1330 g/mol. The quantitative estimate of drug-likeness (QED) is 0.0190. The second-order valence-corrected chi connectivity index (χ2v) is 19.9. The van der Waals surface area contributed by atoms with Crippen molar-refractivity contribution in [1.82, 2.24) is 0 Å². The van der Waals surface area contributed by atoms with E-state index in [2.05, 4.69) is 28.4 Å². The lowest BCUT2D eigenvalue weighted by molar-refractivity contribution is -0.536. The molecule has 4 aromatic carbocycles. The van der Waals surface area contributed by atoms with Crippen molar-refractivity contribution in [2.75, 3.05) is 26.4 Å². The zero-order valence-electron chi connectivity index (χ0n) is 45.9. The number of aliphatic hydroxyl groups excluding tert-OH is 4. The van der Waals surface area contributed by atoms with Crippen LogP contribution in [0.15, 0.2) is 103 Å². The summed E-state index contributed by atoms with van der Waals surface area (Å²) in [5.74, 6) is -18.8. The standard InChI is InChI=1S/C55H58F22O12/c56-45(57,49(64,65)51(68,69)89-55(76,77)53(72,73)86-47(60,61)27-37-9-3-1-4-10-37)33-82-30-39-19-13-35(14-20-39)8-5-2-6-25-84-43(80)11-7-12-44(81)85-32-41-23-21-40(22-24-41)31-83-34-46(58,59)50(66,67)88-54(74,75)52(70,71)87-48(62,63)28-38-17-15-36(16-18-38)26-42(79)29-78/h1,3-4,9-10,13-24,42-44,78-81H,2,5-8,11-12,25-34H2. The number of unbranched alkanes of at least 4 members (excludes halogenated alkanes) is 2. The van der Waals surface area contributed by atoms with Crippen LogP contribution in [-0.2, 0) is 83.4 Å². The lowest BCUT2D eigenvalue weighted by Gasteiger charge is -2.36. The van der Waals surface area contributed by atoms with Crippen molar-refractivity contribution in [2.24, 2.45) is 0 Å². The van der Waals surface area contributed by atoms with E-state index < -0.39 is 142 Å². The van der Waals surface area contributed by atoms with Crippen LogP contribution in [0.25, 0.3) is 0 Å². The number of benzene rings is 4. The van der Waals surface area contributed by atoms with Crippen molar-refractivity contribution in [1.29, 1.82) is 0 Å². The fourth-order valence-electron chi connectivity index (χ4n) is 7.52. The summed E-state index contributed by atoms with van der Waals surface area (Å²) in [5.41, 5.74) is 0.349. The van der Waals surface area contributed by atoms with Crippen LogP contribution < -0.4 is 0 Å². The lowest BCUT2D eigenvalue weighted by Crippen LogP contribution is -2.61. The molecule has 12 nitrogen and oxygen atoms in total. The highest BCUT2D eigenvalue weighted by molar-refractivity contribution is 5.25. The van der Waals surface area contributed by atoms with E-state index >= 15 is 0 Å². The Hall–Kier alpha value is -5.14. The van der Waals surface area contributed by atoms with E-state index in [0.717, 1.165) is 48.5 Å². The van der Waals surface area contributed by atoms with Crippen molar-refractivity contribution < 1.29 is 155 Å². The first-order valence-corrected chi connectivity index (χ1v) is 26.2. The number of hydrogen-bond acceptors (Lipinski definition) is 12. The van der Waals surface area contributed by atoms with Gasteiger partial charge >= 0.3 is 66.6 Å². The topological polar surface area (TPSA) is 155 Å². The average Bonchev–Trinajstić information content (AvgIpc) is 0.793. The summed E-state index contributed by atoms with van der Waals surface area (Å²) in [6.45, 7) is -7.65. The molecule has 0 saturated heterocycles. The predicted molar refractivity (Wildman–Crippen MR) is 262 cm³/mol. The summed E-state index contributed by atoms with van der Waals surface area (Å²) < 4.78 is 341. The normalized spacial score (nSPS) is 14.9. The molecule has 4 rings (SSSR count). The van der Waals surface area contributed by atoms with Crippen molar-refractivity contribution >= 4 is 0 Å². The third-order valence-electron chi connectivity index (χ3n) is 12.3. The largest absolute Gasteiger partial charge is 0.453 e. The van der Waals surface area contributed by atoms with Gasteiger partial charge in [-0.15, -0.1) is 0 Å². The number of halogens is 22. The van der Waals surface area contributed by atoms with E-state index in [0.29, 0.717) is 36.8 Å². The molecule has 0 aliphatic heterocycles. The molecule has 3 unspecified atom stereocenters. The Balaban J connectivity index is 1.07. The summed E-state index contributed by atoms with van der Waals surface area (Å²) in [4.78, 5) is 0. The molecule has 0 heterocycles. The van der Waals surface area contributed by atoms with Crippen LogP contribution in [0.4, 0.5) is 96.6 Å². The van der Waals surface area contributed by atoms with Crippen LogP contribution >= 0.6 is 0 Å². The zero-order chi connectivity index (χ0) is 67.0. The molecule has 34 heteroatoms. The highest BCUT2D eigenvalue weighted by Gasteiger charge is 2.78. The van der Waals surface area contributed by atoms with Gasteiger partial charge in [-0.1, -0.05) is 110 Å². The Bertz CT molecular complexity index is 2710. The van der Waals surface area contributed by atoms with Gasteiger partial charge in [0.1, 0.15) is 13.2 Å². The van der Waals surface area contributed by atoms with Crippen LogP contribution in [0.5, 0.6) is 0 Å². The molecule has 0 fully saturated rings. The molecule has 0 aliphatic rings. The minimum atomic E-state index is -7.12. The fraction of sp³-hybridized carbons (Fsp3) is 0.564. The minimum absolute atomic E-state index is 0.00634. The van der Waals surface area contributed by atoms with Gasteiger partial charge in [-0.25, -0.2) is 18.9 Å². The second-order valence-electron chi connectivity index (χ2n) is 19.9. The Morgan fingerprint density at radius 1 is 0.360 bits per heavy atom. The van der Waals surface area contributed by atoms with E-state index in [1.54, 1.807) is 0 Å². The first kappa shape index (κ1) is 76.3. The van der Waals surface area contributed by atoms with Crippen LogP contribution in [0.3, 0.4) is 0 Å². The van der Waals surface area contributed by atoms with Gasteiger partial charge in [0, 0.05) is 13.0 Å². The van der Waals surface area contributed by atoms with Gasteiger partial charge in [-0.2, -0.15) is 96.6 Å². The number of aliphatic hydroxyl groups is 4. The molecule has 4 N–H and O–H groups in total. The molecule has 0 aliphatic carbocycles. The highest BCUT2D eigenvalue weighted by atomic mass is 19.4. The van der Waals surface area contributed by atoms with Crippen LogP contribution in [-0.4, -0.2) is 132 Å². The molecule has 0 amide bonds. The zero-order valence-corrected chi connectivity index (χ0v) is 45.9. The smallest absolute Gasteiger partial charge is 0.394 e. The van der Waals surface area contributed by atoms with Crippen LogP contribution in [0.1, 0.15) is 77.5 Å². The van der Waals surface area contributed by atoms with E-state index in [1.165, 1.54) is 54.6 Å². The third kappa shape index (κ3) is 23.5. The summed E-state index contributed by atoms with van der Waals surface area (Å²) in [6, 6.07) is 19.9. The van der Waals surface area contributed by atoms with Crippen LogP contribution in [0, 0.1) is 0 Å². The molecule has 0 spiro atoms. The van der Waals surface area contributed by atoms with E-state index in [1.807, 2.05) is 0 Å². The van der Waals surface area contributed by atoms with Gasteiger partial charge in [-0.05, 0) is 77.5 Å². The Kier molecular flexibility index (Phi) is 27.0. The van der Waals surface area contributed by atoms with Crippen molar-refractivity contribution in [3.8, 4) is 0 Å². The lowest BCUT2D eigenvalue weighted by atomic mass is 10.0. The van der Waals surface area contributed by atoms with Gasteiger partial charge in [-0.3, -0.25) is 0 Å². The molecule has 0 radical (unpaired) electrons. The van der Waals surface area contributed by atoms with Gasteiger partial charge < -0.3 is 39.4 Å². The first-order chi connectivity index (χ1) is 41.0. The number of alkyl halides is 22. The monoisotopic (exact) mass is 1330 g/mol. The van der Waals surface area contributed by atoms with E-state index in [-0.39, 0.29) is 55.6 Å². The summed E-state index contributed by atoms with van der Waals surface area (Å²) in [6.07, 6.45) is -56.7. The SMILES string of the molecule is OCC(O)Cc1ccc(CC(F)(F)OC(F)(F)C(F)(F)OC(F)(F)C(F)(F)COCc2ccc(COC(O)CCCC(O)OCCCCCc3ccc(COCC(F)(F)C(F)(F)C(F)(F)OC(F)(F)C(F)(F)OC(F)(F)Cc4ccccc4)cc3)cc2)cc1. The molecular formula is C55H58F22O12. The number of hydrogen-bond donors (Lipinski definition) is 4. The minimum Gasteiger partial charge on any atom is -0.394 e. The van der Waals surface area contributed by atoms with Gasteiger partial charge in [0.15, 0.2) is 12.6 Å². The maximum absolute atomic E-state index is 14.3. The van der Waals surface area contributed by atoms with E-state index in [4.69, 9.17) is 14.6 Å². The summed E-state index contributed by atoms with van der Waals surface area (Å²) in [5, 5.41) is 38.7. The maximum atomic E-state index is 14.3. The van der Waals surface area contributed by atoms with Gasteiger partial charge in [0.05, 0.1) is 45.4 Å². The molecule has 4 aromatic rings. The maximum Gasteiger partial charge on any atom is 0.453 e. The molecule has 89 heavy (non-hydrogen) atoms. The fourth-order valence-corrected chi connectivity index (χ4v) is 7.52. The highest BCUT2D eigenvalue weighted by Crippen LogP contribution is 2.52. The Labute approximate surface area is 492 Å². The number of ether oxygens (including phenoxy) is 8. The Morgan fingerprint density at radius 3 is 1.24 bits per heavy atom. The van der Waals surface area contributed by atoms with E-state index in [9.17, 15) is 112 Å². The molecule has 0 aromatic heterocycles.